The molecule has 1 aliphatic heterocycles. The molecule has 0 spiro atoms. The standard InChI is InChI=1S/C26H38ClN7O/c1-2-33-14-6-9-20(33)17-34(16-18-7-4-3-5-8-18)26-31-24(28)30-25(32-26)29-19-10-13-23(22(27)15-19)35-21-11-12-21/h10,13,15,18,20-21H,2-9,11-12,14,16-17H2,1H3,(H3,28,29,30,31,32). The molecule has 9 heteroatoms. The molecule has 0 bridgehead atoms. The molecule has 0 amide bonds. The zero-order valence-electron chi connectivity index (χ0n) is 20.8. The second kappa shape index (κ2) is 11.2. The van der Waals surface area contributed by atoms with Crippen molar-refractivity contribution in [2.75, 3.05) is 42.1 Å². The normalized spacial score (nSPS) is 21.3. The quantitative estimate of drug-likeness (QED) is 0.457. The van der Waals surface area contributed by atoms with E-state index in [0.717, 1.165) is 38.2 Å². The number of ether oxygens (including phenoxy) is 1. The summed E-state index contributed by atoms with van der Waals surface area (Å²) in [5.41, 5.74) is 6.97. The molecule has 5 rings (SSSR count). The van der Waals surface area contributed by atoms with Gasteiger partial charge in [0.1, 0.15) is 5.75 Å². The zero-order valence-corrected chi connectivity index (χ0v) is 21.5. The highest BCUT2D eigenvalue weighted by Gasteiger charge is 2.28. The summed E-state index contributed by atoms with van der Waals surface area (Å²) >= 11 is 6.46. The number of hydrogen-bond acceptors (Lipinski definition) is 8. The van der Waals surface area contributed by atoms with Gasteiger partial charge in [-0.15, -0.1) is 0 Å². The Morgan fingerprint density at radius 1 is 1.06 bits per heavy atom. The molecule has 8 nitrogen and oxygen atoms in total. The van der Waals surface area contributed by atoms with Crippen LogP contribution in [0.25, 0.3) is 0 Å². The summed E-state index contributed by atoms with van der Waals surface area (Å²) in [5, 5.41) is 3.85. The van der Waals surface area contributed by atoms with Gasteiger partial charge >= 0.3 is 0 Å². The molecule has 3 aliphatic rings. The molecule has 35 heavy (non-hydrogen) atoms. The van der Waals surface area contributed by atoms with Gasteiger partial charge in [-0.3, -0.25) is 4.90 Å². The molecule has 2 aromatic rings. The van der Waals surface area contributed by atoms with Crippen LogP contribution in [0.15, 0.2) is 18.2 Å². The summed E-state index contributed by atoms with van der Waals surface area (Å²) in [4.78, 5) is 18.7. The number of nitrogens with two attached hydrogens (primary N) is 1. The van der Waals surface area contributed by atoms with Gasteiger partial charge in [-0.05, 0) is 75.7 Å². The highest BCUT2D eigenvalue weighted by Crippen LogP contribution is 2.34. The van der Waals surface area contributed by atoms with Gasteiger partial charge in [0, 0.05) is 24.8 Å². The molecular formula is C26H38ClN7O. The van der Waals surface area contributed by atoms with E-state index in [4.69, 9.17) is 27.1 Å². The van der Waals surface area contributed by atoms with E-state index in [0.29, 0.717) is 40.7 Å². The summed E-state index contributed by atoms with van der Waals surface area (Å²) < 4.78 is 5.85. The smallest absolute Gasteiger partial charge is 0.233 e. The van der Waals surface area contributed by atoms with Crippen LogP contribution in [-0.2, 0) is 0 Å². The van der Waals surface area contributed by atoms with E-state index in [-0.39, 0.29) is 5.95 Å². The van der Waals surface area contributed by atoms with Crippen molar-refractivity contribution >= 4 is 35.1 Å². The van der Waals surface area contributed by atoms with E-state index in [1.165, 1.54) is 51.5 Å². The van der Waals surface area contributed by atoms with Crippen LogP contribution in [0.1, 0.15) is 64.7 Å². The predicted octanol–water partition coefficient (Wildman–Crippen LogP) is 5.26. The Morgan fingerprint density at radius 2 is 1.89 bits per heavy atom. The Hall–Kier alpha value is -2.32. The van der Waals surface area contributed by atoms with Crippen molar-refractivity contribution in [3.05, 3.63) is 23.2 Å². The minimum atomic E-state index is 0.227. The number of rotatable bonds is 10. The van der Waals surface area contributed by atoms with Crippen LogP contribution in [0, 0.1) is 5.92 Å². The molecular weight excluding hydrogens is 462 g/mol. The number of likely N-dealkylation sites (N-methyl/N-ethyl adjacent to an activating group) is 1. The molecule has 1 unspecified atom stereocenters. The summed E-state index contributed by atoms with van der Waals surface area (Å²) in [5.74, 6) is 2.71. The number of nitrogen functional groups attached to an aromatic ring is 1. The number of hydrogen-bond donors (Lipinski definition) is 2. The molecule has 1 aromatic carbocycles. The van der Waals surface area contributed by atoms with Crippen LogP contribution in [-0.4, -0.2) is 58.2 Å². The number of nitrogens with zero attached hydrogens (tertiary/aromatic N) is 5. The van der Waals surface area contributed by atoms with Crippen LogP contribution < -0.4 is 20.7 Å². The van der Waals surface area contributed by atoms with E-state index in [2.05, 4.69) is 32.0 Å². The number of likely N-dealkylation sites (tertiary alicyclic amines) is 1. The van der Waals surface area contributed by atoms with Crippen molar-refractivity contribution < 1.29 is 4.74 Å². The average Bonchev–Trinajstić information content (AvgIpc) is 3.56. The fraction of sp³-hybridized carbons (Fsp3) is 0.654. The highest BCUT2D eigenvalue weighted by molar-refractivity contribution is 6.32. The van der Waals surface area contributed by atoms with Gasteiger partial charge in [0.2, 0.25) is 17.8 Å². The molecule has 2 heterocycles. The Labute approximate surface area is 213 Å². The highest BCUT2D eigenvalue weighted by atomic mass is 35.5. The third kappa shape index (κ3) is 6.47. The summed E-state index contributed by atoms with van der Waals surface area (Å²) in [7, 11) is 0. The van der Waals surface area contributed by atoms with Gasteiger partial charge in [-0.25, -0.2) is 0 Å². The van der Waals surface area contributed by atoms with Crippen LogP contribution >= 0.6 is 11.6 Å². The van der Waals surface area contributed by atoms with Gasteiger partial charge < -0.3 is 20.7 Å². The molecule has 3 fully saturated rings. The molecule has 1 saturated heterocycles. The second-order valence-corrected chi connectivity index (χ2v) is 10.6. The number of benzene rings is 1. The van der Waals surface area contributed by atoms with Crippen molar-refractivity contribution in [3.8, 4) is 5.75 Å². The lowest BCUT2D eigenvalue weighted by molar-refractivity contribution is 0.262. The van der Waals surface area contributed by atoms with E-state index in [1.54, 1.807) is 0 Å². The Balaban J connectivity index is 1.35. The first-order valence-electron chi connectivity index (χ1n) is 13.3. The fourth-order valence-electron chi connectivity index (χ4n) is 5.44. The Kier molecular flexibility index (Phi) is 7.78. The third-order valence-electron chi connectivity index (χ3n) is 7.47. The largest absolute Gasteiger partial charge is 0.489 e. The zero-order chi connectivity index (χ0) is 24.2. The van der Waals surface area contributed by atoms with Crippen molar-refractivity contribution in [2.45, 2.75) is 76.9 Å². The van der Waals surface area contributed by atoms with Gasteiger partial charge in [-0.2, -0.15) is 15.0 Å². The lowest BCUT2D eigenvalue weighted by Crippen LogP contribution is -2.43. The average molecular weight is 500 g/mol. The van der Waals surface area contributed by atoms with Crippen LogP contribution in [0.5, 0.6) is 5.75 Å². The fourth-order valence-corrected chi connectivity index (χ4v) is 5.66. The lowest BCUT2D eigenvalue weighted by atomic mass is 9.89. The van der Waals surface area contributed by atoms with Gasteiger partial charge in [0.25, 0.3) is 0 Å². The van der Waals surface area contributed by atoms with Crippen LogP contribution in [0.3, 0.4) is 0 Å². The van der Waals surface area contributed by atoms with Crippen molar-refractivity contribution in [1.82, 2.24) is 19.9 Å². The predicted molar refractivity (Wildman–Crippen MR) is 142 cm³/mol. The van der Waals surface area contributed by atoms with E-state index >= 15 is 0 Å². The first-order chi connectivity index (χ1) is 17.1. The molecule has 3 N–H and O–H groups in total. The molecule has 2 saturated carbocycles. The maximum atomic E-state index is 6.46. The summed E-state index contributed by atoms with van der Waals surface area (Å²) in [6.45, 7) is 6.39. The Bertz CT molecular complexity index is 996. The second-order valence-electron chi connectivity index (χ2n) is 10.2. The van der Waals surface area contributed by atoms with E-state index < -0.39 is 0 Å². The maximum absolute atomic E-state index is 6.46. The maximum Gasteiger partial charge on any atom is 0.233 e. The Morgan fingerprint density at radius 3 is 2.63 bits per heavy atom. The van der Waals surface area contributed by atoms with Gasteiger partial charge in [-0.1, -0.05) is 37.8 Å². The first kappa shape index (κ1) is 24.4. The minimum Gasteiger partial charge on any atom is -0.489 e. The minimum absolute atomic E-state index is 0.227. The lowest BCUT2D eigenvalue weighted by Gasteiger charge is -2.34. The van der Waals surface area contributed by atoms with Crippen molar-refractivity contribution in [2.24, 2.45) is 5.92 Å². The van der Waals surface area contributed by atoms with Gasteiger partial charge in [0.05, 0.1) is 11.1 Å². The van der Waals surface area contributed by atoms with Crippen LogP contribution in [0.2, 0.25) is 5.02 Å². The topological polar surface area (TPSA) is 92.4 Å². The summed E-state index contributed by atoms with van der Waals surface area (Å²) in [6.07, 6.45) is 11.5. The van der Waals surface area contributed by atoms with E-state index in [9.17, 15) is 0 Å². The van der Waals surface area contributed by atoms with Crippen LogP contribution in [0.4, 0.5) is 23.5 Å². The summed E-state index contributed by atoms with van der Waals surface area (Å²) in [6, 6.07) is 6.19. The molecule has 190 valence electrons. The van der Waals surface area contributed by atoms with Crippen molar-refractivity contribution in [3.63, 3.8) is 0 Å². The SMILES string of the molecule is CCN1CCCC1CN(CC1CCCCC1)c1nc(N)nc(Nc2ccc(OC3CC3)c(Cl)c2)n1. The number of nitrogens with one attached hydrogen (secondary N) is 1. The molecule has 1 aromatic heterocycles. The van der Waals surface area contributed by atoms with E-state index in [1.807, 2.05) is 18.2 Å². The molecule has 0 radical (unpaired) electrons. The monoisotopic (exact) mass is 499 g/mol. The molecule has 1 atom stereocenters. The number of anilines is 4. The first-order valence-corrected chi connectivity index (χ1v) is 13.7. The number of halogens is 1. The molecule has 2 aliphatic carbocycles. The third-order valence-corrected chi connectivity index (χ3v) is 7.76. The van der Waals surface area contributed by atoms with Crippen molar-refractivity contribution in [1.29, 1.82) is 0 Å². The van der Waals surface area contributed by atoms with Gasteiger partial charge in [0.15, 0.2) is 0 Å². The number of aromatic nitrogens is 3.